The highest BCUT2D eigenvalue weighted by atomic mass is 32.1. The quantitative estimate of drug-likeness (QED) is 0.829. The number of esters is 1. The van der Waals surface area contributed by atoms with Gasteiger partial charge in [-0.05, 0) is 44.4 Å². The van der Waals surface area contributed by atoms with Crippen molar-refractivity contribution in [3.8, 4) is 0 Å². The van der Waals surface area contributed by atoms with Crippen molar-refractivity contribution in [2.45, 2.75) is 46.6 Å². The fourth-order valence-electron chi connectivity index (χ4n) is 2.18. The summed E-state index contributed by atoms with van der Waals surface area (Å²) < 4.78 is 5.25. The lowest BCUT2D eigenvalue weighted by atomic mass is 10.0. The first-order valence-electron chi connectivity index (χ1n) is 7.83. The van der Waals surface area contributed by atoms with E-state index in [9.17, 15) is 9.59 Å². The number of hydrogen-bond donors (Lipinski definition) is 1. The van der Waals surface area contributed by atoms with Crippen LogP contribution in [-0.2, 0) is 9.53 Å². The van der Waals surface area contributed by atoms with Crippen LogP contribution in [0.5, 0.6) is 0 Å². The summed E-state index contributed by atoms with van der Waals surface area (Å²) in [6.45, 7) is 9.35. The van der Waals surface area contributed by atoms with Gasteiger partial charge >= 0.3 is 5.97 Å². The van der Waals surface area contributed by atoms with Gasteiger partial charge in [-0.25, -0.2) is 9.78 Å². The number of anilines is 1. The molecule has 1 aromatic carbocycles. The number of ether oxygens (including phenoxy) is 1. The Morgan fingerprint density at radius 1 is 1.12 bits per heavy atom. The molecule has 2 aromatic rings. The summed E-state index contributed by atoms with van der Waals surface area (Å²) in [4.78, 5) is 29.0. The molecule has 1 aromatic heterocycles. The molecule has 0 radical (unpaired) electrons. The lowest BCUT2D eigenvalue weighted by Crippen LogP contribution is -2.29. The Hall–Kier alpha value is -2.21. The lowest BCUT2D eigenvalue weighted by Gasteiger charge is -2.14. The number of nitrogens with one attached hydrogen (secondary N) is 1. The fraction of sp³-hybridized carbons (Fsp3) is 0.389. The van der Waals surface area contributed by atoms with Crippen LogP contribution >= 0.6 is 11.3 Å². The molecule has 0 unspecified atom stereocenters. The summed E-state index contributed by atoms with van der Waals surface area (Å²) in [7, 11) is 0. The van der Waals surface area contributed by atoms with Crippen molar-refractivity contribution in [3.63, 3.8) is 0 Å². The van der Waals surface area contributed by atoms with Crippen LogP contribution in [0.3, 0.4) is 0 Å². The van der Waals surface area contributed by atoms with Crippen molar-refractivity contribution in [2.75, 3.05) is 5.32 Å². The zero-order valence-corrected chi connectivity index (χ0v) is 15.4. The summed E-state index contributed by atoms with van der Waals surface area (Å²) in [6.07, 6.45) is -0.885. The van der Waals surface area contributed by atoms with Crippen LogP contribution in [-0.4, -0.2) is 23.0 Å². The Kier molecular flexibility index (Phi) is 5.72. The Bertz CT molecular complexity index is 735. The molecule has 1 heterocycles. The first-order chi connectivity index (χ1) is 11.3. The average Bonchev–Trinajstić information content (AvgIpc) is 2.86. The molecule has 0 fully saturated rings. The van der Waals surface area contributed by atoms with Gasteiger partial charge in [0.2, 0.25) is 0 Å². The monoisotopic (exact) mass is 346 g/mol. The van der Waals surface area contributed by atoms with E-state index in [0.717, 1.165) is 5.01 Å². The van der Waals surface area contributed by atoms with Crippen LogP contribution in [0.15, 0.2) is 24.3 Å². The SMILES string of the molecule is Cc1nc(C)c(C(=O)O[C@H](C)C(=O)Nc2ccc(C(C)C)cc2)s1. The summed E-state index contributed by atoms with van der Waals surface area (Å²) in [5.41, 5.74) is 2.50. The van der Waals surface area contributed by atoms with Crippen LogP contribution in [0, 0.1) is 13.8 Å². The zero-order valence-electron chi connectivity index (χ0n) is 14.5. The zero-order chi connectivity index (χ0) is 17.9. The fourth-order valence-corrected chi connectivity index (χ4v) is 2.99. The van der Waals surface area contributed by atoms with Crippen LogP contribution < -0.4 is 5.32 Å². The van der Waals surface area contributed by atoms with Crippen LogP contribution in [0.2, 0.25) is 0 Å². The molecule has 128 valence electrons. The number of carbonyl (C=O) groups is 2. The number of hydrogen-bond acceptors (Lipinski definition) is 5. The maximum absolute atomic E-state index is 12.2. The van der Waals surface area contributed by atoms with E-state index >= 15 is 0 Å². The standard InChI is InChI=1S/C18H22N2O3S/c1-10(2)14-6-8-15(9-7-14)20-17(21)12(4)23-18(22)16-11(3)19-13(5)24-16/h6-10,12H,1-5H3,(H,20,21)/t12-/m1/s1. The van der Waals surface area contributed by atoms with E-state index in [-0.39, 0.29) is 5.91 Å². The Balaban J connectivity index is 1.96. The average molecular weight is 346 g/mol. The van der Waals surface area contributed by atoms with Crippen LogP contribution in [0.25, 0.3) is 0 Å². The van der Waals surface area contributed by atoms with Gasteiger partial charge in [-0.3, -0.25) is 4.79 Å². The summed E-state index contributed by atoms with van der Waals surface area (Å²) in [5.74, 6) is -0.448. The molecule has 0 aliphatic heterocycles. The molecular formula is C18H22N2O3S. The van der Waals surface area contributed by atoms with E-state index in [0.29, 0.717) is 22.2 Å². The van der Waals surface area contributed by atoms with E-state index < -0.39 is 12.1 Å². The Morgan fingerprint density at radius 3 is 2.25 bits per heavy atom. The van der Waals surface area contributed by atoms with E-state index in [1.165, 1.54) is 16.9 Å². The Morgan fingerprint density at radius 2 is 1.75 bits per heavy atom. The molecule has 1 atom stereocenters. The van der Waals surface area contributed by atoms with Gasteiger partial charge < -0.3 is 10.1 Å². The predicted molar refractivity (Wildman–Crippen MR) is 95.6 cm³/mol. The van der Waals surface area contributed by atoms with Gasteiger partial charge in [0, 0.05) is 5.69 Å². The molecule has 1 amide bonds. The minimum Gasteiger partial charge on any atom is -0.448 e. The highest BCUT2D eigenvalue weighted by Crippen LogP contribution is 2.20. The normalized spacial score (nSPS) is 12.1. The summed E-state index contributed by atoms with van der Waals surface area (Å²) in [5, 5.41) is 3.55. The molecule has 0 aliphatic carbocycles. The number of benzene rings is 1. The van der Waals surface area contributed by atoms with E-state index in [1.807, 2.05) is 31.2 Å². The van der Waals surface area contributed by atoms with Crippen molar-refractivity contribution < 1.29 is 14.3 Å². The van der Waals surface area contributed by atoms with E-state index in [1.54, 1.807) is 13.8 Å². The van der Waals surface area contributed by atoms with E-state index in [2.05, 4.69) is 24.1 Å². The van der Waals surface area contributed by atoms with Gasteiger partial charge in [0.25, 0.3) is 5.91 Å². The second kappa shape index (κ2) is 7.57. The molecule has 0 saturated heterocycles. The van der Waals surface area contributed by atoms with Crippen molar-refractivity contribution in [3.05, 3.63) is 45.4 Å². The van der Waals surface area contributed by atoms with Gasteiger partial charge in [-0.15, -0.1) is 11.3 Å². The van der Waals surface area contributed by atoms with E-state index in [4.69, 9.17) is 4.74 Å². The maximum Gasteiger partial charge on any atom is 0.351 e. The molecular weight excluding hydrogens is 324 g/mol. The molecule has 1 N–H and O–H groups in total. The highest BCUT2D eigenvalue weighted by molar-refractivity contribution is 7.13. The Labute approximate surface area is 146 Å². The van der Waals surface area contributed by atoms with Gasteiger partial charge in [-0.2, -0.15) is 0 Å². The predicted octanol–water partition coefficient (Wildman–Crippen LogP) is 4.07. The molecule has 0 bridgehead atoms. The van der Waals surface area contributed by atoms with Gasteiger partial charge in [0.1, 0.15) is 4.88 Å². The third-order valence-electron chi connectivity index (χ3n) is 3.59. The summed E-state index contributed by atoms with van der Waals surface area (Å²) in [6, 6.07) is 7.64. The van der Waals surface area contributed by atoms with Crippen molar-refractivity contribution in [1.82, 2.24) is 4.98 Å². The van der Waals surface area contributed by atoms with Crippen LogP contribution in [0.4, 0.5) is 5.69 Å². The number of nitrogens with zero attached hydrogens (tertiary/aromatic N) is 1. The molecule has 0 saturated carbocycles. The molecule has 5 nitrogen and oxygen atoms in total. The minimum atomic E-state index is -0.885. The number of aromatic nitrogens is 1. The number of carbonyl (C=O) groups excluding carboxylic acids is 2. The topological polar surface area (TPSA) is 68.3 Å². The third kappa shape index (κ3) is 4.41. The van der Waals surface area contributed by atoms with Crippen molar-refractivity contribution in [2.24, 2.45) is 0 Å². The van der Waals surface area contributed by atoms with Crippen LogP contribution in [0.1, 0.15) is 52.6 Å². The lowest BCUT2D eigenvalue weighted by molar-refractivity contribution is -0.123. The first-order valence-corrected chi connectivity index (χ1v) is 8.65. The smallest absolute Gasteiger partial charge is 0.351 e. The third-order valence-corrected chi connectivity index (χ3v) is 4.64. The number of thiazole rings is 1. The minimum absolute atomic E-state index is 0.362. The van der Waals surface area contributed by atoms with Gasteiger partial charge in [0.05, 0.1) is 10.7 Å². The maximum atomic E-state index is 12.2. The van der Waals surface area contributed by atoms with Gasteiger partial charge in [0.15, 0.2) is 6.10 Å². The molecule has 6 heteroatoms. The van der Waals surface area contributed by atoms with Crippen molar-refractivity contribution in [1.29, 1.82) is 0 Å². The molecule has 0 spiro atoms. The second-order valence-corrected chi connectivity index (χ2v) is 7.16. The second-order valence-electron chi connectivity index (χ2n) is 5.96. The molecule has 0 aliphatic rings. The first kappa shape index (κ1) is 18.1. The largest absolute Gasteiger partial charge is 0.448 e. The highest BCUT2D eigenvalue weighted by Gasteiger charge is 2.22. The molecule has 2 rings (SSSR count). The number of aryl methyl sites for hydroxylation is 2. The van der Waals surface area contributed by atoms with Gasteiger partial charge in [-0.1, -0.05) is 26.0 Å². The summed E-state index contributed by atoms with van der Waals surface area (Å²) >= 11 is 1.27. The number of amides is 1. The number of rotatable bonds is 5. The van der Waals surface area contributed by atoms with Crippen molar-refractivity contribution >= 4 is 28.9 Å². The molecule has 24 heavy (non-hydrogen) atoms.